The van der Waals surface area contributed by atoms with Crippen molar-refractivity contribution in [3.8, 4) is 11.8 Å². The van der Waals surface area contributed by atoms with Crippen molar-refractivity contribution in [2.75, 3.05) is 0 Å². The zero-order chi connectivity index (χ0) is 21.0. The molecule has 0 N–H and O–H groups in total. The summed E-state index contributed by atoms with van der Waals surface area (Å²) < 4.78 is 0. The van der Waals surface area contributed by atoms with Crippen LogP contribution in [0.15, 0.2) is 66.7 Å². The van der Waals surface area contributed by atoms with E-state index in [1.165, 1.54) is 49.0 Å². The maximum atomic E-state index is 3.51. The Morgan fingerprint density at radius 3 is 1.90 bits per heavy atom. The molecule has 5 aromatic rings. The van der Waals surface area contributed by atoms with E-state index in [1.54, 1.807) is 0 Å². The van der Waals surface area contributed by atoms with E-state index >= 15 is 0 Å². The van der Waals surface area contributed by atoms with Crippen LogP contribution in [0.1, 0.15) is 48.6 Å². The second-order valence-electron chi connectivity index (χ2n) is 9.39. The summed E-state index contributed by atoms with van der Waals surface area (Å²) in [5.41, 5.74) is 6.32. The van der Waals surface area contributed by atoms with E-state index < -0.39 is 0 Å². The van der Waals surface area contributed by atoms with E-state index in [2.05, 4.69) is 95.0 Å². The minimum atomic E-state index is 0.128. The highest BCUT2D eigenvalue weighted by Gasteiger charge is 2.19. The number of aryl methyl sites for hydroxylation is 1. The van der Waals surface area contributed by atoms with Gasteiger partial charge in [-0.2, -0.15) is 0 Å². The highest BCUT2D eigenvalue weighted by Crippen LogP contribution is 2.41. The van der Waals surface area contributed by atoms with Gasteiger partial charge in [0.1, 0.15) is 0 Å². The van der Waals surface area contributed by atoms with E-state index in [0.717, 1.165) is 11.1 Å². The molecule has 0 nitrogen and oxygen atoms in total. The summed E-state index contributed by atoms with van der Waals surface area (Å²) in [6.07, 6.45) is 0. The Morgan fingerprint density at radius 1 is 0.633 bits per heavy atom. The second-order valence-corrected chi connectivity index (χ2v) is 9.39. The number of benzene rings is 5. The van der Waals surface area contributed by atoms with Gasteiger partial charge in [-0.3, -0.25) is 0 Å². The molecule has 0 heterocycles. The lowest BCUT2D eigenvalue weighted by molar-refractivity contribution is 0.591. The molecule has 0 aliphatic rings. The third kappa shape index (κ3) is 2.86. The summed E-state index contributed by atoms with van der Waals surface area (Å²) in [7, 11) is 0. The van der Waals surface area contributed by atoms with E-state index in [-0.39, 0.29) is 5.41 Å². The molecule has 30 heavy (non-hydrogen) atoms. The monoisotopic (exact) mass is 386 g/mol. The third-order valence-corrected chi connectivity index (χ3v) is 6.43. The summed E-state index contributed by atoms with van der Waals surface area (Å²) in [6.45, 7) is 11.3. The normalized spacial score (nSPS) is 11.9. The number of hydrogen-bond acceptors (Lipinski definition) is 0. The molecule has 0 atom stereocenters. The molecule has 146 valence electrons. The van der Waals surface area contributed by atoms with Gasteiger partial charge in [-0.05, 0) is 80.4 Å². The Balaban J connectivity index is 1.88. The van der Waals surface area contributed by atoms with Crippen LogP contribution in [-0.2, 0) is 5.41 Å². The van der Waals surface area contributed by atoms with Gasteiger partial charge in [0.15, 0.2) is 0 Å². The van der Waals surface area contributed by atoms with Gasteiger partial charge in [-0.15, -0.1) is 0 Å². The Hall–Kier alpha value is -3.30. The zero-order valence-corrected chi connectivity index (χ0v) is 18.4. The molecule has 0 aromatic heterocycles. The first kappa shape index (κ1) is 18.7. The van der Waals surface area contributed by atoms with Gasteiger partial charge >= 0.3 is 0 Å². The molecular weight excluding hydrogens is 360 g/mol. The zero-order valence-electron chi connectivity index (χ0n) is 18.4. The molecule has 0 aliphatic heterocycles. The molecule has 0 saturated heterocycles. The van der Waals surface area contributed by atoms with Crippen LogP contribution in [0, 0.1) is 25.7 Å². The number of rotatable bonds is 0. The predicted octanol–water partition coefficient (Wildman–Crippen LogP) is 7.90. The van der Waals surface area contributed by atoms with E-state index in [1.807, 2.05) is 18.2 Å². The van der Waals surface area contributed by atoms with Crippen LogP contribution in [0.5, 0.6) is 0 Å². The molecule has 0 fully saturated rings. The van der Waals surface area contributed by atoms with Crippen LogP contribution in [0.3, 0.4) is 0 Å². The molecule has 0 heteroatoms. The second kappa shape index (κ2) is 6.61. The van der Waals surface area contributed by atoms with Crippen LogP contribution >= 0.6 is 0 Å². The topological polar surface area (TPSA) is 0 Å². The predicted molar refractivity (Wildman–Crippen MR) is 131 cm³/mol. The Morgan fingerprint density at radius 2 is 1.27 bits per heavy atom. The molecule has 0 bridgehead atoms. The van der Waals surface area contributed by atoms with Gasteiger partial charge in [0.25, 0.3) is 0 Å². The van der Waals surface area contributed by atoms with Crippen molar-refractivity contribution in [1.82, 2.24) is 0 Å². The first-order valence-corrected chi connectivity index (χ1v) is 10.6. The molecule has 0 radical (unpaired) electrons. The van der Waals surface area contributed by atoms with E-state index in [9.17, 15) is 0 Å². The van der Waals surface area contributed by atoms with Crippen molar-refractivity contribution in [3.05, 3.63) is 94.5 Å². The average molecular weight is 387 g/mol. The van der Waals surface area contributed by atoms with Gasteiger partial charge in [0.2, 0.25) is 0 Å². The maximum Gasteiger partial charge on any atom is 0.0360 e. The van der Waals surface area contributed by atoms with Gasteiger partial charge < -0.3 is 0 Å². The molecule has 0 spiro atoms. The Bertz CT molecular complexity index is 1450. The number of hydrogen-bond donors (Lipinski definition) is 0. The summed E-state index contributed by atoms with van der Waals surface area (Å²) in [6, 6.07) is 24.1. The first-order chi connectivity index (χ1) is 14.3. The van der Waals surface area contributed by atoms with Gasteiger partial charge in [0, 0.05) is 11.1 Å². The molecule has 0 saturated carbocycles. The first-order valence-electron chi connectivity index (χ1n) is 10.6. The SMILES string of the molecule is Cc1c(C)c2ccc3cc(C(C)(C)C)cc4ccc(c1C#Cc1ccccc1)c2c34. The fourth-order valence-electron chi connectivity index (χ4n) is 4.53. The summed E-state index contributed by atoms with van der Waals surface area (Å²) in [4.78, 5) is 0. The van der Waals surface area contributed by atoms with Crippen LogP contribution in [-0.4, -0.2) is 0 Å². The lowest BCUT2D eigenvalue weighted by Gasteiger charge is -2.22. The standard InChI is InChI=1S/C30H26/c1-19-20(2)26-15-12-22-17-24(30(3,4)5)18-23-13-16-27(29(26)28(22)23)25(19)14-11-21-9-7-6-8-10-21/h6-10,12-13,15-18H,1-5H3. The molecular formula is C30H26. The molecule has 5 rings (SSSR count). The highest BCUT2D eigenvalue weighted by molar-refractivity contribution is 6.25. The van der Waals surface area contributed by atoms with E-state index in [4.69, 9.17) is 0 Å². The Labute approximate surface area is 178 Å². The summed E-state index contributed by atoms with van der Waals surface area (Å²) in [5.74, 6) is 6.89. The third-order valence-electron chi connectivity index (χ3n) is 6.43. The van der Waals surface area contributed by atoms with Crippen molar-refractivity contribution < 1.29 is 0 Å². The van der Waals surface area contributed by atoms with Crippen molar-refractivity contribution in [2.45, 2.75) is 40.0 Å². The molecule has 0 aliphatic carbocycles. The lowest BCUT2D eigenvalue weighted by Crippen LogP contribution is -2.10. The fraction of sp³-hybridized carbons (Fsp3) is 0.200. The minimum Gasteiger partial charge on any atom is -0.0622 e. The van der Waals surface area contributed by atoms with Crippen LogP contribution in [0.2, 0.25) is 0 Å². The van der Waals surface area contributed by atoms with E-state index in [0.29, 0.717) is 0 Å². The van der Waals surface area contributed by atoms with Crippen LogP contribution < -0.4 is 0 Å². The van der Waals surface area contributed by atoms with Crippen molar-refractivity contribution in [1.29, 1.82) is 0 Å². The largest absolute Gasteiger partial charge is 0.0622 e. The average Bonchev–Trinajstić information content (AvgIpc) is 2.74. The van der Waals surface area contributed by atoms with Crippen molar-refractivity contribution in [3.63, 3.8) is 0 Å². The van der Waals surface area contributed by atoms with Crippen molar-refractivity contribution in [2.24, 2.45) is 0 Å². The fourth-order valence-corrected chi connectivity index (χ4v) is 4.53. The van der Waals surface area contributed by atoms with Crippen LogP contribution in [0.4, 0.5) is 0 Å². The van der Waals surface area contributed by atoms with Crippen LogP contribution in [0.25, 0.3) is 32.3 Å². The molecule has 0 unspecified atom stereocenters. The molecule has 5 aromatic carbocycles. The van der Waals surface area contributed by atoms with Gasteiger partial charge in [0.05, 0.1) is 0 Å². The summed E-state index contributed by atoms with van der Waals surface area (Å²) >= 11 is 0. The Kier molecular flexibility index (Phi) is 4.12. The minimum absolute atomic E-state index is 0.128. The summed E-state index contributed by atoms with van der Waals surface area (Å²) in [5, 5.41) is 7.96. The van der Waals surface area contributed by atoms with Gasteiger partial charge in [-0.25, -0.2) is 0 Å². The smallest absolute Gasteiger partial charge is 0.0360 e. The maximum absolute atomic E-state index is 3.51. The molecule has 0 amide bonds. The van der Waals surface area contributed by atoms with Crippen molar-refractivity contribution >= 4 is 32.3 Å². The lowest BCUT2D eigenvalue weighted by atomic mass is 9.82. The van der Waals surface area contributed by atoms with Gasteiger partial charge in [-0.1, -0.05) is 87.2 Å². The quantitative estimate of drug-likeness (QED) is 0.187. The highest BCUT2D eigenvalue weighted by atomic mass is 14.2.